The van der Waals surface area contributed by atoms with Gasteiger partial charge in [0.25, 0.3) is 0 Å². The Labute approximate surface area is 128 Å². The number of hydrazone groups is 1. The van der Waals surface area contributed by atoms with Crippen molar-refractivity contribution in [2.24, 2.45) is 11.0 Å². The molecular formula is C16H19N3OS. The molecule has 1 aliphatic rings. The van der Waals surface area contributed by atoms with Gasteiger partial charge in [-0.3, -0.25) is 5.43 Å². The molecule has 0 unspecified atom stereocenters. The molecular weight excluding hydrogens is 282 g/mol. The zero-order valence-corrected chi connectivity index (χ0v) is 12.9. The number of rotatable bonds is 7. The third-order valence-electron chi connectivity index (χ3n) is 3.26. The molecule has 0 aliphatic heterocycles. The van der Waals surface area contributed by atoms with Crippen LogP contribution in [0.5, 0.6) is 0 Å². The SMILES string of the molecule is Cc1csc(NN=Cc2cccc(COCC3CC3)c2)n1. The van der Waals surface area contributed by atoms with Crippen molar-refractivity contribution in [3.63, 3.8) is 0 Å². The van der Waals surface area contributed by atoms with Crippen molar-refractivity contribution >= 4 is 22.7 Å². The first kappa shape index (κ1) is 14.2. The van der Waals surface area contributed by atoms with E-state index in [1.165, 1.54) is 18.4 Å². The van der Waals surface area contributed by atoms with E-state index < -0.39 is 0 Å². The minimum atomic E-state index is 0.678. The van der Waals surface area contributed by atoms with Crippen LogP contribution in [-0.4, -0.2) is 17.8 Å². The van der Waals surface area contributed by atoms with Gasteiger partial charge in [-0.05, 0) is 42.9 Å². The summed E-state index contributed by atoms with van der Waals surface area (Å²) in [7, 11) is 0. The summed E-state index contributed by atoms with van der Waals surface area (Å²) in [6.45, 7) is 3.54. The Bertz CT molecular complexity index is 619. The Hall–Kier alpha value is -1.72. The lowest BCUT2D eigenvalue weighted by Crippen LogP contribution is -1.97. The predicted molar refractivity (Wildman–Crippen MR) is 86.9 cm³/mol. The minimum Gasteiger partial charge on any atom is -0.376 e. The molecule has 5 heteroatoms. The van der Waals surface area contributed by atoms with E-state index in [-0.39, 0.29) is 0 Å². The zero-order valence-electron chi connectivity index (χ0n) is 12.1. The molecule has 1 saturated carbocycles. The molecule has 1 aromatic carbocycles. The minimum absolute atomic E-state index is 0.678. The Kier molecular flexibility index (Phi) is 4.62. The quantitative estimate of drug-likeness (QED) is 0.624. The van der Waals surface area contributed by atoms with Crippen molar-refractivity contribution in [2.75, 3.05) is 12.0 Å². The lowest BCUT2D eigenvalue weighted by Gasteiger charge is -2.04. The molecule has 0 amide bonds. The van der Waals surface area contributed by atoms with Crippen molar-refractivity contribution in [3.05, 3.63) is 46.5 Å². The number of nitrogens with zero attached hydrogens (tertiary/aromatic N) is 2. The van der Waals surface area contributed by atoms with Gasteiger partial charge in [-0.2, -0.15) is 5.10 Å². The highest BCUT2D eigenvalue weighted by molar-refractivity contribution is 7.13. The number of nitrogens with one attached hydrogen (secondary N) is 1. The van der Waals surface area contributed by atoms with Gasteiger partial charge in [-0.15, -0.1) is 11.3 Å². The maximum Gasteiger partial charge on any atom is 0.203 e. The van der Waals surface area contributed by atoms with Crippen molar-refractivity contribution in [1.29, 1.82) is 0 Å². The number of hydrogen-bond donors (Lipinski definition) is 1. The molecule has 2 aromatic rings. The van der Waals surface area contributed by atoms with E-state index in [9.17, 15) is 0 Å². The predicted octanol–water partition coefficient (Wildman–Crippen LogP) is 3.82. The standard InChI is InChI=1S/C16H19N3OS/c1-12-11-21-16(18-12)19-17-8-14-3-2-4-15(7-14)10-20-9-13-5-6-13/h2-4,7-8,11,13H,5-6,9-10H2,1H3,(H,18,19). The normalized spacial score (nSPS) is 14.7. The average molecular weight is 301 g/mol. The third-order valence-corrected chi connectivity index (χ3v) is 4.13. The molecule has 1 fully saturated rings. The fourth-order valence-electron chi connectivity index (χ4n) is 1.96. The van der Waals surface area contributed by atoms with Gasteiger partial charge in [0.15, 0.2) is 0 Å². The van der Waals surface area contributed by atoms with Crippen molar-refractivity contribution in [2.45, 2.75) is 26.4 Å². The van der Waals surface area contributed by atoms with Gasteiger partial charge in [0, 0.05) is 12.0 Å². The van der Waals surface area contributed by atoms with Gasteiger partial charge in [0.05, 0.1) is 18.5 Å². The molecule has 0 atom stereocenters. The smallest absolute Gasteiger partial charge is 0.203 e. The van der Waals surface area contributed by atoms with E-state index in [0.29, 0.717) is 6.61 Å². The second-order valence-electron chi connectivity index (χ2n) is 5.37. The lowest BCUT2D eigenvalue weighted by atomic mass is 10.1. The third kappa shape index (κ3) is 4.65. The van der Waals surface area contributed by atoms with Crippen LogP contribution in [0, 0.1) is 12.8 Å². The Morgan fingerprint density at radius 1 is 1.48 bits per heavy atom. The second kappa shape index (κ2) is 6.83. The molecule has 0 saturated heterocycles. The zero-order chi connectivity index (χ0) is 14.5. The Morgan fingerprint density at radius 3 is 3.14 bits per heavy atom. The highest BCUT2D eigenvalue weighted by Crippen LogP contribution is 2.29. The molecule has 0 bridgehead atoms. The molecule has 1 N–H and O–H groups in total. The Morgan fingerprint density at radius 2 is 2.38 bits per heavy atom. The van der Waals surface area contributed by atoms with Gasteiger partial charge in [-0.25, -0.2) is 4.98 Å². The van der Waals surface area contributed by atoms with Crippen molar-refractivity contribution in [3.8, 4) is 0 Å². The molecule has 1 heterocycles. The molecule has 1 aromatic heterocycles. The van der Waals surface area contributed by atoms with Gasteiger partial charge in [0.1, 0.15) is 0 Å². The molecule has 21 heavy (non-hydrogen) atoms. The second-order valence-corrected chi connectivity index (χ2v) is 6.23. The topological polar surface area (TPSA) is 46.5 Å². The van der Waals surface area contributed by atoms with E-state index in [1.54, 1.807) is 17.6 Å². The van der Waals surface area contributed by atoms with Crippen LogP contribution in [0.15, 0.2) is 34.7 Å². The van der Waals surface area contributed by atoms with Crippen LogP contribution >= 0.6 is 11.3 Å². The molecule has 0 spiro atoms. The summed E-state index contributed by atoms with van der Waals surface area (Å²) < 4.78 is 5.71. The first-order valence-electron chi connectivity index (χ1n) is 7.17. The average Bonchev–Trinajstić information content (AvgIpc) is 3.21. The van der Waals surface area contributed by atoms with E-state index in [2.05, 4.69) is 27.6 Å². The number of benzene rings is 1. The van der Waals surface area contributed by atoms with Crippen molar-refractivity contribution in [1.82, 2.24) is 4.98 Å². The number of aryl methyl sites for hydroxylation is 1. The maximum atomic E-state index is 5.71. The van der Waals surface area contributed by atoms with E-state index in [1.807, 2.05) is 24.4 Å². The largest absolute Gasteiger partial charge is 0.376 e. The fourth-order valence-corrected chi connectivity index (χ4v) is 2.60. The van der Waals surface area contributed by atoms with Gasteiger partial charge >= 0.3 is 0 Å². The molecule has 3 rings (SSSR count). The van der Waals surface area contributed by atoms with E-state index in [4.69, 9.17) is 4.74 Å². The number of anilines is 1. The summed E-state index contributed by atoms with van der Waals surface area (Å²) >= 11 is 1.55. The van der Waals surface area contributed by atoms with Crippen molar-refractivity contribution < 1.29 is 4.74 Å². The number of hydrogen-bond acceptors (Lipinski definition) is 5. The number of ether oxygens (including phenoxy) is 1. The van der Waals surface area contributed by atoms with Gasteiger partial charge in [-0.1, -0.05) is 18.2 Å². The number of thiazole rings is 1. The summed E-state index contributed by atoms with van der Waals surface area (Å²) in [5.74, 6) is 0.806. The van der Waals surface area contributed by atoms with Gasteiger partial charge < -0.3 is 4.74 Å². The van der Waals surface area contributed by atoms with Crippen LogP contribution in [0.2, 0.25) is 0 Å². The fraction of sp³-hybridized carbons (Fsp3) is 0.375. The first-order chi connectivity index (χ1) is 10.3. The van der Waals surface area contributed by atoms with Crippen LogP contribution < -0.4 is 5.43 Å². The van der Waals surface area contributed by atoms with E-state index in [0.717, 1.165) is 28.9 Å². The van der Waals surface area contributed by atoms with Crippen LogP contribution in [0.1, 0.15) is 29.7 Å². The van der Waals surface area contributed by atoms with Crippen LogP contribution in [0.4, 0.5) is 5.13 Å². The monoisotopic (exact) mass is 301 g/mol. The molecule has 4 nitrogen and oxygen atoms in total. The summed E-state index contributed by atoms with van der Waals surface area (Å²) in [6.07, 6.45) is 4.46. The van der Waals surface area contributed by atoms with Gasteiger partial charge in [0.2, 0.25) is 5.13 Å². The summed E-state index contributed by atoms with van der Waals surface area (Å²) in [5.41, 5.74) is 6.20. The molecule has 0 radical (unpaired) electrons. The first-order valence-corrected chi connectivity index (χ1v) is 8.05. The summed E-state index contributed by atoms with van der Waals surface area (Å²) in [6, 6.07) is 8.25. The maximum absolute atomic E-state index is 5.71. The Balaban J connectivity index is 1.51. The number of aromatic nitrogens is 1. The molecule has 1 aliphatic carbocycles. The molecule has 110 valence electrons. The lowest BCUT2D eigenvalue weighted by molar-refractivity contribution is 0.111. The highest BCUT2D eigenvalue weighted by Gasteiger charge is 2.20. The summed E-state index contributed by atoms with van der Waals surface area (Å²) in [5, 5.41) is 7.03. The summed E-state index contributed by atoms with van der Waals surface area (Å²) in [4.78, 5) is 4.30. The van der Waals surface area contributed by atoms with E-state index >= 15 is 0 Å². The van der Waals surface area contributed by atoms with Crippen LogP contribution in [-0.2, 0) is 11.3 Å². The van der Waals surface area contributed by atoms with Crippen LogP contribution in [0.25, 0.3) is 0 Å². The van der Waals surface area contributed by atoms with Crippen LogP contribution in [0.3, 0.4) is 0 Å². The highest BCUT2D eigenvalue weighted by atomic mass is 32.1.